The summed E-state index contributed by atoms with van der Waals surface area (Å²) in [7, 11) is 1.98. The van der Waals surface area contributed by atoms with E-state index in [-0.39, 0.29) is 18.4 Å². The Bertz CT molecular complexity index is 2010. The summed E-state index contributed by atoms with van der Waals surface area (Å²) in [6.45, 7) is 11.2. The predicted octanol–water partition coefficient (Wildman–Crippen LogP) is 8.50. The average Bonchev–Trinajstić information content (AvgIpc) is 3.54. The first-order valence-corrected chi connectivity index (χ1v) is 18.2. The van der Waals surface area contributed by atoms with Crippen molar-refractivity contribution in [1.82, 2.24) is 19.2 Å². The Hall–Kier alpha value is -3.92. The largest absolute Gasteiger partial charge is 0.493 e. The molecule has 0 unspecified atom stereocenters. The highest BCUT2D eigenvalue weighted by molar-refractivity contribution is 6.35. The molecule has 5 aromatic rings. The van der Waals surface area contributed by atoms with Crippen LogP contribution in [0.3, 0.4) is 0 Å². The molecule has 6 rings (SSSR count). The Balaban J connectivity index is 1.43. The van der Waals surface area contributed by atoms with Gasteiger partial charge in [-0.15, -0.1) is 0 Å². The third-order valence-corrected chi connectivity index (χ3v) is 10.0. The van der Waals surface area contributed by atoms with Crippen LogP contribution in [0, 0.1) is 5.82 Å². The molecule has 2 aromatic heterocycles. The maximum Gasteiger partial charge on any atom is 0.355 e. The highest BCUT2D eigenvalue weighted by Crippen LogP contribution is 2.43. The topological polar surface area (TPSA) is 81.8 Å². The predicted molar refractivity (Wildman–Crippen MR) is 198 cm³/mol. The molecule has 0 radical (unpaired) electrons. The van der Waals surface area contributed by atoms with Crippen LogP contribution in [-0.2, 0) is 37.7 Å². The Morgan fingerprint density at radius 3 is 2.60 bits per heavy atom. The van der Waals surface area contributed by atoms with Gasteiger partial charge in [0.15, 0.2) is 0 Å². The minimum Gasteiger partial charge on any atom is -0.493 e. The lowest BCUT2D eigenvalue weighted by Gasteiger charge is -2.26. The van der Waals surface area contributed by atoms with Crippen molar-refractivity contribution in [2.24, 2.45) is 7.05 Å². The molecule has 1 N–H and O–H groups in total. The summed E-state index contributed by atoms with van der Waals surface area (Å²) in [5.74, 6) is 0.0731. The minimum atomic E-state index is -0.773. The van der Waals surface area contributed by atoms with Crippen LogP contribution in [0.5, 0.6) is 5.75 Å². The van der Waals surface area contributed by atoms with E-state index in [1.165, 1.54) is 12.1 Å². The van der Waals surface area contributed by atoms with Crippen molar-refractivity contribution in [3.05, 3.63) is 82.0 Å². The van der Waals surface area contributed by atoms with E-state index in [2.05, 4.69) is 16.4 Å². The SMILES string of the molecule is CCOC(=O)c1c(CCCOc2cccc3cc(F)ccc23)c2ccc(Cl)c3c2n1CCCCN(CCC(C)(C)O)Cc1nn(C)c(CC)c1-3. The van der Waals surface area contributed by atoms with Crippen LogP contribution in [0.25, 0.3) is 32.8 Å². The van der Waals surface area contributed by atoms with E-state index >= 15 is 0 Å². The molecule has 1 aliphatic heterocycles. The molecule has 0 amide bonds. The van der Waals surface area contributed by atoms with Crippen molar-refractivity contribution in [3.63, 3.8) is 0 Å². The van der Waals surface area contributed by atoms with E-state index in [9.17, 15) is 14.3 Å². The Morgan fingerprint density at radius 1 is 1.06 bits per heavy atom. The summed E-state index contributed by atoms with van der Waals surface area (Å²) >= 11 is 7.19. The van der Waals surface area contributed by atoms with Gasteiger partial charge in [-0.1, -0.05) is 36.7 Å². The van der Waals surface area contributed by atoms with Crippen molar-refractivity contribution in [2.45, 2.75) is 84.9 Å². The van der Waals surface area contributed by atoms with Gasteiger partial charge in [-0.25, -0.2) is 9.18 Å². The number of aliphatic hydroxyl groups is 1. The molecule has 0 aliphatic carbocycles. The first-order valence-electron chi connectivity index (χ1n) is 17.8. The molecule has 1 aliphatic rings. The van der Waals surface area contributed by atoms with E-state index in [4.69, 9.17) is 26.2 Å². The summed E-state index contributed by atoms with van der Waals surface area (Å²) in [4.78, 5) is 16.3. The number of carbonyl (C=O) groups excluding carboxylic acids is 1. The number of aromatic nitrogens is 3. The number of hydrogen-bond acceptors (Lipinski definition) is 6. The molecular formula is C40H48ClFN4O4. The average molecular weight is 703 g/mol. The van der Waals surface area contributed by atoms with E-state index < -0.39 is 5.60 Å². The van der Waals surface area contributed by atoms with Crippen LogP contribution in [-0.4, -0.2) is 62.2 Å². The number of rotatable bonds is 11. The number of aryl methyl sites for hydroxylation is 3. The fourth-order valence-corrected chi connectivity index (χ4v) is 7.61. The van der Waals surface area contributed by atoms with Gasteiger partial charge >= 0.3 is 5.97 Å². The number of ether oxygens (including phenoxy) is 2. The van der Waals surface area contributed by atoms with E-state index in [0.717, 1.165) is 82.1 Å². The number of carbonyl (C=O) groups is 1. The monoisotopic (exact) mass is 702 g/mol. The number of nitrogens with zero attached hydrogens (tertiary/aromatic N) is 4. The molecular weight excluding hydrogens is 655 g/mol. The number of esters is 1. The molecule has 3 heterocycles. The Morgan fingerprint density at radius 2 is 1.84 bits per heavy atom. The van der Waals surface area contributed by atoms with Gasteiger partial charge in [-0.3, -0.25) is 9.58 Å². The van der Waals surface area contributed by atoms with Gasteiger partial charge in [0.2, 0.25) is 0 Å². The van der Waals surface area contributed by atoms with Gasteiger partial charge in [-0.2, -0.15) is 5.10 Å². The zero-order valence-corrected chi connectivity index (χ0v) is 30.6. The second kappa shape index (κ2) is 15.1. The highest BCUT2D eigenvalue weighted by atomic mass is 35.5. The number of hydrogen-bond donors (Lipinski definition) is 1. The summed E-state index contributed by atoms with van der Waals surface area (Å²) in [5, 5.41) is 18.8. The van der Waals surface area contributed by atoms with Crippen molar-refractivity contribution in [1.29, 1.82) is 0 Å². The normalized spacial score (nSPS) is 14.2. The maximum absolute atomic E-state index is 13.9. The third kappa shape index (κ3) is 7.41. The van der Waals surface area contributed by atoms with E-state index in [1.807, 2.05) is 62.8 Å². The molecule has 3 aromatic carbocycles. The summed E-state index contributed by atoms with van der Waals surface area (Å²) < 4.78 is 29.9. The second-order valence-electron chi connectivity index (χ2n) is 13.9. The van der Waals surface area contributed by atoms with E-state index in [1.54, 1.807) is 6.07 Å². The van der Waals surface area contributed by atoms with Crippen molar-refractivity contribution >= 4 is 39.2 Å². The standard InChI is InChI=1S/C40H48ClFN4O4/c1-6-33-36-32(43-44(33)5)25-45(22-19-40(3,4)48)20-8-9-21-46-37-30(17-18-31(41)35(36)37)29(38(46)39(47)49-7-2)13-11-23-50-34-14-10-12-26-24-27(42)15-16-28(26)34/h10,12,14-18,24,48H,6-9,11,13,19-23,25H2,1-5H3. The van der Waals surface area contributed by atoms with Gasteiger partial charge in [0.1, 0.15) is 17.3 Å². The molecule has 0 spiro atoms. The van der Waals surface area contributed by atoms with Crippen LogP contribution in [0.4, 0.5) is 4.39 Å². The van der Waals surface area contributed by atoms with Gasteiger partial charge in [-0.05, 0) is 107 Å². The van der Waals surface area contributed by atoms with Crippen molar-refractivity contribution in [2.75, 3.05) is 26.3 Å². The molecule has 8 nitrogen and oxygen atoms in total. The number of halogens is 2. The molecule has 0 saturated carbocycles. The van der Waals surface area contributed by atoms with Crippen molar-refractivity contribution in [3.8, 4) is 16.9 Å². The molecule has 0 saturated heterocycles. The molecule has 10 heteroatoms. The van der Waals surface area contributed by atoms with Gasteiger partial charge in [0.25, 0.3) is 0 Å². The number of benzene rings is 3. The lowest BCUT2D eigenvalue weighted by molar-refractivity contribution is 0.0512. The summed E-state index contributed by atoms with van der Waals surface area (Å²) in [6.07, 6.45) is 4.39. The fourth-order valence-electron chi connectivity index (χ4n) is 7.37. The quantitative estimate of drug-likeness (QED) is 0.110. The molecule has 50 heavy (non-hydrogen) atoms. The zero-order chi connectivity index (χ0) is 35.6. The maximum atomic E-state index is 13.9. The molecule has 266 valence electrons. The molecule has 0 fully saturated rings. The van der Waals surface area contributed by atoms with Crippen LogP contribution in [0.2, 0.25) is 5.02 Å². The zero-order valence-electron chi connectivity index (χ0n) is 29.8. The molecule has 0 bridgehead atoms. The second-order valence-corrected chi connectivity index (χ2v) is 14.3. The Kier molecular flexibility index (Phi) is 10.9. The summed E-state index contributed by atoms with van der Waals surface area (Å²) in [6, 6.07) is 14.3. The third-order valence-electron chi connectivity index (χ3n) is 9.72. The van der Waals surface area contributed by atoms with Crippen molar-refractivity contribution < 1.29 is 23.8 Å². The lowest BCUT2D eigenvalue weighted by Crippen LogP contribution is -2.32. The lowest BCUT2D eigenvalue weighted by atomic mass is 9.96. The van der Waals surface area contributed by atoms with Crippen LogP contribution < -0.4 is 4.74 Å². The van der Waals surface area contributed by atoms with Crippen LogP contribution in [0.1, 0.15) is 80.8 Å². The minimum absolute atomic E-state index is 0.265. The first-order chi connectivity index (χ1) is 24.0. The van der Waals surface area contributed by atoms with Crippen LogP contribution in [0.15, 0.2) is 48.5 Å². The molecule has 0 atom stereocenters. The highest BCUT2D eigenvalue weighted by Gasteiger charge is 2.30. The first kappa shape index (κ1) is 35.9. The van der Waals surface area contributed by atoms with Gasteiger partial charge in [0.05, 0.1) is 35.0 Å². The van der Waals surface area contributed by atoms with E-state index in [0.29, 0.717) is 55.4 Å². The van der Waals surface area contributed by atoms with Gasteiger partial charge in [0, 0.05) is 54.3 Å². The smallest absolute Gasteiger partial charge is 0.355 e. The Labute approximate surface area is 298 Å². The summed E-state index contributed by atoms with van der Waals surface area (Å²) in [5.41, 5.74) is 5.56. The van der Waals surface area contributed by atoms with Gasteiger partial charge < -0.3 is 19.1 Å². The number of fused-ring (bicyclic) bond motifs is 3. The fraction of sp³-hybridized carbons (Fsp3) is 0.450. The van der Waals surface area contributed by atoms with Crippen LogP contribution >= 0.6 is 11.6 Å².